The summed E-state index contributed by atoms with van der Waals surface area (Å²) in [4.78, 5) is 16.5. The Labute approximate surface area is 160 Å². The number of halogens is 2. The number of aromatic nitrogens is 1. The van der Waals surface area contributed by atoms with Crippen LogP contribution in [0.1, 0.15) is 27.9 Å². The summed E-state index contributed by atoms with van der Waals surface area (Å²) in [6.07, 6.45) is 3.26. The van der Waals surface area contributed by atoms with Crippen molar-refractivity contribution in [3.8, 4) is 11.5 Å². The Balaban J connectivity index is 1.71. The van der Waals surface area contributed by atoms with Gasteiger partial charge in [-0.25, -0.2) is 4.98 Å². The highest BCUT2D eigenvalue weighted by Gasteiger charge is 2.21. The van der Waals surface area contributed by atoms with E-state index in [1.54, 1.807) is 6.08 Å². The topological polar surface area (TPSA) is 60.5 Å². The lowest BCUT2D eigenvalue weighted by Crippen LogP contribution is -2.23. The van der Waals surface area contributed by atoms with Gasteiger partial charge in [-0.1, -0.05) is 23.2 Å². The van der Waals surface area contributed by atoms with E-state index in [1.807, 2.05) is 12.1 Å². The van der Waals surface area contributed by atoms with Crippen LogP contribution in [0.25, 0.3) is 5.70 Å². The molecule has 0 saturated heterocycles. The van der Waals surface area contributed by atoms with E-state index in [1.165, 1.54) is 12.1 Å². The van der Waals surface area contributed by atoms with Crippen molar-refractivity contribution in [2.45, 2.75) is 12.8 Å². The van der Waals surface area contributed by atoms with Crippen LogP contribution in [-0.2, 0) is 6.42 Å². The zero-order valence-corrected chi connectivity index (χ0v) is 15.4. The minimum absolute atomic E-state index is 0.187. The zero-order valence-electron chi connectivity index (χ0n) is 13.9. The summed E-state index contributed by atoms with van der Waals surface area (Å²) >= 11 is 11.8. The van der Waals surface area contributed by atoms with Gasteiger partial charge in [0.2, 0.25) is 0 Å². The molecule has 1 N–H and O–H groups in total. The van der Waals surface area contributed by atoms with Gasteiger partial charge in [-0.3, -0.25) is 4.79 Å². The second kappa shape index (κ2) is 7.17. The van der Waals surface area contributed by atoms with Crippen LogP contribution in [0, 0.1) is 0 Å². The van der Waals surface area contributed by atoms with Gasteiger partial charge < -0.3 is 14.8 Å². The Morgan fingerprint density at radius 3 is 2.50 bits per heavy atom. The summed E-state index contributed by atoms with van der Waals surface area (Å²) in [7, 11) is 0. The van der Waals surface area contributed by atoms with Gasteiger partial charge in [-0.2, -0.15) is 0 Å². The average molecular weight is 391 g/mol. The Morgan fingerprint density at radius 1 is 1.08 bits per heavy atom. The average Bonchev–Trinajstić information content (AvgIpc) is 2.84. The first-order valence-corrected chi connectivity index (χ1v) is 9.11. The molecule has 0 aliphatic carbocycles. The van der Waals surface area contributed by atoms with Crippen LogP contribution in [-0.4, -0.2) is 30.5 Å². The number of fused-ring (bicyclic) bond motifs is 2. The number of benzene rings is 1. The van der Waals surface area contributed by atoms with Crippen LogP contribution >= 0.6 is 23.2 Å². The van der Waals surface area contributed by atoms with Crippen molar-refractivity contribution in [3.63, 3.8) is 0 Å². The molecule has 0 atom stereocenters. The van der Waals surface area contributed by atoms with Crippen LogP contribution in [0.5, 0.6) is 11.5 Å². The molecule has 1 aromatic heterocycles. The molecule has 2 aliphatic heterocycles. The highest BCUT2D eigenvalue weighted by molar-refractivity contribution is 6.33. The monoisotopic (exact) mass is 390 g/mol. The lowest BCUT2D eigenvalue weighted by atomic mass is 9.96. The minimum atomic E-state index is -0.196. The second-order valence-corrected chi connectivity index (χ2v) is 6.88. The molecular weight excluding hydrogens is 375 g/mol. The van der Waals surface area contributed by atoms with Crippen molar-refractivity contribution in [3.05, 3.63) is 57.3 Å². The van der Waals surface area contributed by atoms with Crippen LogP contribution in [0.4, 0.5) is 0 Å². The van der Waals surface area contributed by atoms with Crippen molar-refractivity contribution >= 4 is 34.7 Å². The van der Waals surface area contributed by atoms with E-state index in [0.717, 1.165) is 42.0 Å². The maximum atomic E-state index is 12.7. The maximum Gasteiger partial charge on any atom is 0.188 e. The van der Waals surface area contributed by atoms with E-state index in [4.69, 9.17) is 32.7 Å². The van der Waals surface area contributed by atoms with Crippen molar-refractivity contribution in [2.24, 2.45) is 0 Å². The number of rotatable bonds is 2. The van der Waals surface area contributed by atoms with Gasteiger partial charge in [0.15, 0.2) is 17.3 Å². The molecule has 0 saturated carbocycles. The first-order valence-electron chi connectivity index (χ1n) is 8.36. The van der Waals surface area contributed by atoms with Crippen LogP contribution in [0.3, 0.4) is 0 Å². The van der Waals surface area contributed by atoms with E-state index >= 15 is 0 Å². The molecule has 2 aliphatic rings. The molecule has 134 valence electrons. The van der Waals surface area contributed by atoms with Crippen molar-refractivity contribution in [1.29, 1.82) is 0 Å². The van der Waals surface area contributed by atoms with Crippen LogP contribution < -0.4 is 14.8 Å². The molecule has 1 aromatic carbocycles. The maximum absolute atomic E-state index is 12.7. The molecule has 0 fully saturated rings. The normalized spacial score (nSPS) is 17.2. The van der Waals surface area contributed by atoms with Gasteiger partial charge >= 0.3 is 0 Å². The van der Waals surface area contributed by atoms with Gasteiger partial charge in [-0.15, -0.1) is 0 Å². The van der Waals surface area contributed by atoms with Gasteiger partial charge in [0, 0.05) is 35.9 Å². The predicted octanol–water partition coefficient (Wildman–Crippen LogP) is 3.92. The first-order chi connectivity index (χ1) is 12.6. The Kier molecular flexibility index (Phi) is 4.74. The van der Waals surface area contributed by atoms with E-state index < -0.39 is 0 Å². The summed E-state index contributed by atoms with van der Waals surface area (Å²) in [6, 6.07) is 6.96. The molecule has 2 aromatic rings. The fraction of sp³-hybridized carbons (Fsp3) is 0.263. The quantitative estimate of drug-likeness (QED) is 0.478. The van der Waals surface area contributed by atoms with Crippen LogP contribution in [0.2, 0.25) is 10.3 Å². The lowest BCUT2D eigenvalue weighted by Gasteiger charge is -2.23. The largest absolute Gasteiger partial charge is 0.490 e. The Bertz CT molecular complexity index is 892. The number of pyridine rings is 1. The number of ether oxygens (including phenoxy) is 2. The third-order valence-electron chi connectivity index (χ3n) is 4.30. The third kappa shape index (κ3) is 3.50. The summed E-state index contributed by atoms with van der Waals surface area (Å²) < 4.78 is 11.5. The number of nitrogens with zero attached hydrogens (tertiary/aromatic N) is 1. The van der Waals surface area contributed by atoms with Gasteiger partial charge in [0.1, 0.15) is 10.3 Å². The number of hydrogen-bond acceptors (Lipinski definition) is 5. The minimum Gasteiger partial charge on any atom is -0.490 e. The summed E-state index contributed by atoms with van der Waals surface area (Å²) in [5.74, 6) is 1.28. The standard InChI is InChI=1S/C19H16Cl2N2O3/c20-18-7-12(8-19(21)23-18)15(24)10-14-13-9-17-16(25-4-1-5-26-17)6-11(13)2-3-22-14/h6-10,22H,1-5H2. The SMILES string of the molecule is O=C(C=C1NCCc2cc3c(cc21)OCCCO3)c1cc(Cl)nc(Cl)c1. The summed E-state index contributed by atoms with van der Waals surface area (Å²) in [5, 5.41) is 3.66. The Hall–Kier alpha value is -2.24. The molecule has 5 nitrogen and oxygen atoms in total. The molecule has 0 bridgehead atoms. The number of nitrogens with one attached hydrogen (secondary N) is 1. The molecule has 0 radical (unpaired) electrons. The van der Waals surface area contributed by atoms with Gasteiger partial charge in [0.25, 0.3) is 0 Å². The van der Waals surface area contributed by atoms with E-state index in [2.05, 4.69) is 10.3 Å². The number of allylic oxidation sites excluding steroid dienone is 1. The smallest absolute Gasteiger partial charge is 0.188 e. The van der Waals surface area contributed by atoms with Gasteiger partial charge in [-0.05, 0) is 36.2 Å². The Morgan fingerprint density at radius 2 is 1.77 bits per heavy atom. The number of hydrogen-bond donors (Lipinski definition) is 1. The van der Waals surface area contributed by atoms with Crippen LogP contribution in [0.15, 0.2) is 30.3 Å². The molecular formula is C19H16Cl2N2O3. The van der Waals surface area contributed by atoms with E-state index in [9.17, 15) is 4.79 Å². The first kappa shape index (κ1) is 17.2. The third-order valence-corrected chi connectivity index (χ3v) is 4.68. The number of carbonyl (C=O) groups excluding carboxylic acids is 1. The highest BCUT2D eigenvalue weighted by atomic mass is 35.5. The summed E-state index contributed by atoms with van der Waals surface area (Å²) in [5.41, 5.74) is 3.21. The summed E-state index contributed by atoms with van der Waals surface area (Å²) in [6.45, 7) is 2.00. The van der Waals surface area contributed by atoms with E-state index in [0.29, 0.717) is 24.5 Å². The molecule has 7 heteroatoms. The number of carbonyl (C=O) groups is 1. The zero-order chi connectivity index (χ0) is 18.1. The van der Waals surface area contributed by atoms with Gasteiger partial charge in [0.05, 0.1) is 13.2 Å². The van der Waals surface area contributed by atoms with Crippen molar-refractivity contribution in [2.75, 3.05) is 19.8 Å². The molecule has 0 spiro atoms. The fourth-order valence-corrected chi connectivity index (χ4v) is 3.55. The number of ketones is 1. The molecule has 26 heavy (non-hydrogen) atoms. The van der Waals surface area contributed by atoms with E-state index in [-0.39, 0.29) is 16.1 Å². The van der Waals surface area contributed by atoms with Crippen molar-refractivity contribution in [1.82, 2.24) is 10.3 Å². The van der Waals surface area contributed by atoms with Crippen molar-refractivity contribution < 1.29 is 14.3 Å². The molecule has 3 heterocycles. The lowest BCUT2D eigenvalue weighted by molar-refractivity contribution is 0.104. The second-order valence-electron chi connectivity index (χ2n) is 6.11. The molecule has 0 amide bonds. The highest BCUT2D eigenvalue weighted by Crippen LogP contribution is 2.36. The fourth-order valence-electron chi connectivity index (χ4n) is 3.09. The molecule has 4 rings (SSSR count). The predicted molar refractivity (Wildman–Crippen MR) is 100 cm³/mol. The molecule has 0 unspecified atom stereocenters.